The molecule has 120 valence electrons. The first-order chi connectivity index (χ1) is 10.2. The lowest BCUT2D eigenvalue weighted by atomic mass is 10.1. The first kappa shape index (κ1) is 16.1. The number of alkyl halides is 3. The molecule has 1 fully saturated rings. The van der Waals surface area contributed by atoms with Crippen molar-refractivity contribution >= 4 is 17.7 Å². The smallest absolute Gasteiger partial charge is 0.393 e. The first-order valence-electron chi connectivity index (χ1n) is 6.69. The van der Waals surface area contributed by atoms with Crippen molar-refractivity contribution in [2.45, 2.75) is 19.0 Å². The highest BCUT2D eigenvalue weighted by atomic mass is 19.4. The summed E-state index contributed by atoms with van der Waals surface area (Å²) >= 11 is 0. The van der Waals surface area contributed by atoms with Crippen molar-refractivity contribution in [2.75, 3.05) is 18.4 Å². The topological polar surface area (TPSA) is 69.6 Å². The van der Waals surface area contributed by atoms with Crippen molar-refractivity contribution < 1.29 is 27.9 Å². The molecule has 2 N–H and O–H groups in total. The Hall–Kier alpha value is -2.25. The molecule has 0 spiro atoms. The van der Waals surface area contributed by atoms with Gasteiger partial charge in [-0.05, 0) is 24.1 Å². The zero-order chi connectivity index (χ0) is 16.3. The van der Waals surface area contributed by atoms with Gasteiger partial charge in [0.25, 0.3) is 0 Å². The summed E-state index contributed by atoms with van der Waals surface area (Å²) in [5.41, 5.74) is 0.306. The normalized spacial score (nSPS) is 18.3. The van der Waals surface area contributed by atoms with E-state index in [9.17, 15) is 22.8 Å². The zero-order valence-electron chi connectivity index (χ0n) is 11.6. The second-order valence-electron chi connectivity index (χ2n) is 5.19. The van der Waals surface area contributed by atoms with Gasteiger partial charge in [-0.1, -0.05) is 12.1 Å². The van der Waals surface area contributed by atoms with Gasteiger partial charge in [-0.15, -0.1) is 0 Å². The number of anilines is 1. The van der Waals surface area contributed by atoms with Crippen LogP contribution in [0.3, 0.4) is 0 Å². The predicted octanol–water partition coefficient (Wildman–Crippen LogP) is 2.73. The number of hydrogen-bond donors (Lipinski definition) is 2. The van der Waals surface area contributed by atoms with Crippen LogP contribution in [-0.4, -0.2) is 41.3 Å². The lowest BCUT2D eigenvalue weighted by Crippen LogP contribution is -2.33. The summed E-state index contributed by atoms with van der Waals surface area (Å²) in [6.07, 6.45) is -5.01. The Kier molecular flexibility index (Phi) is 4.58. The molecule has 22 heavy (non-hydrogen) atoms. The number of carbonyl (C=O) groups is 2. The van der Waals surface area contributed by atoms with Crippen LogP contribution in [0.2, 0.25) is 0 Å². The summed E-state index contributed by atoms with van der Waals surface area (Å²) in [5, 5.41) is 11.4. The maximum Gasteiger partial charge on any atom is 0.393 e. The summed E-state index contributed by atoms with van der Waals surface area (Å²) in [6.45, 7) is 0.411. The molecule has 1 saturated heterocycles. The molecule has 1 aliphatic heterocycles. The largest absolute Gasteiger partial charge is 0.481 e. The molecule has 1 aromatic carbocycles. The van der Waals surface area contributed by atoms with Crippen LogP contribution in [0.15, 0.2) is 24.3 Å². The van der Waals surface area contributed by atoms with E-state index in [1.807, 2.05) is 0 Å². The molecular weight excluding hydrogens is 301 g/mol. The number of nitrogens with one attached hydrogen (secondary N) is 1. The van der Waals surface area contributed by atoms with Crippen LogP contribution in [0.1, 0.15) is 12.0 Å². The number of benzene rings is 1. The Labute approximate surface area is 124 Å². The van der Waals surface area contributed by atoms with Crippen molar-refractivity contribution in [3.63, 3.8) is 0 Å². The van der Waals surface area contributed by atoms with Gasteiger partial charge >= 0.3 is 18.2 Å². The summed E-state index contributed by atoms with van der Waals surface area (Å²) in [6, 6.07) is 5.01. The predicted molar refractivity (Wildman–Crippen MR) is 72.5 cm³/mol. The Bertz CT molecular complexity index is 575. The Morgan fingerprint density at radius 3 is 2.68 bits per heavy atom. The molecule has 0 aliphatic carbocycles. The fourth-order valence-corrected chi connectivity index (χ4v) is 2.34. The average Bonchev–Trinajstić information content (AvgIpc) is 2.86. The molecule has 0 radical (unpaired) electrons. The SMILES string of the molecule is O=C(O)C1CCN(C(=O)Nc2cccc(CC(F)(F)F)c2)C1. The number of likely N-dealkylation sites (tertiary alicyclic amines) is 1. The van der Waals surface area contributed by atoms with Crippen molar-refractivity contribution in [1.82, 2.24) is 4.90 Å². The van der Waals surface area contributed by atoms with E-state index in [1.54, 1.807) is 0 Å². The lowest BCUT2D eigenvalue weighted by molar-refractivity contribution is -0.141. The second kappa shape index (κ2) is 6.25. The van der Waals surface area contributed by atoms with Crippen LogP contribution in [0.5, 0.6) is 0 Å². The monoisotopic (exact) mass is 316 g/mol. The Morgan fingerprint density at radius 2 is 2.09 bits per heavy atom. The zero-order valence-corrected chi connectivity index (χ0v) is 11.6. The number of carbonyl (C=O) groups excluding carboxylic acids is 1. The van der Waals surface area contributed by atoms with E-state index >= 15 is 0 Å². The molecule has 0 aromatic heterocycles. The first-order valence-corrected chi connectivity index (χ1v) is 6.69. The van der Waals surface area contributed by atoms with Crippen LogP contribution in [0, 0.1) is 5.92 Å². The minimum Gasteiger partial charge on any atom is -0.481 e. The number of hydrogen-bond acceptors (Lipinski definition) is 2. The molecule has 1 aromatic rings. The van der Waals surface area contributed by atoms with Crippen molar-refractivity contribution in [2.24, 2.45) is 5.92 Å². The maximum absolute atomic E-state index is 12.3. The van der Waals surface area contributed by atoms with Gasteiger partial charge in [-0.25, -0.2) is 4.79 Å². The van der Waals surface area contributed by atoms with Gasteiger partial charge in [0, 0.05) is 18.8 Å². The summed E-state index contributed by atoms with van der Waals surface area (Å²) in [7, 11) is 0. The molecule has 1 aliphatic rings. The van der Waals surface area contributed by atoms with E-state index < -0.39 is 30.5 Å². The fourth-order valence-electron chi connectivity index (χ4n) is 2.34. The number of amides is 2. The number of halogens is 3. The molecular formula is C14H15F3N2O3. The minimum atomic E-state index is -4.31. The van der Waals surface area contributed by atoms with Crippen molar-refractivity contribution in [3.8, 4) is 0 Å². The lowest BCUT2D eigenvalue weighted by Gasteiger charge is -2.17. The summed E-state index contributed by atoms with van der Waals surface area (Å²) in [5.74, 6) is -1.55. The molecule has 1 atom stereocenters. The minimum absolute atomic E-state index is 0.0511. The molecule has 8 heteroatoms. The van der Waals surface area contributed by atoms with Crippen molar-refractivity contribution in [3.05, 3.63) is 29.8 Å². The van der Waals surface area contributed by atoms with E-state index in [0.717, 1.165) is 0 Å². The Morgan fingerprint density at radius 1 is 1.36 bits per heavy atom. The quantitative estimate of drug-likeness (QED) is 0.901. The molecule has 0 bridgehead atoms. The summed E-state index contributed by atoms with van der Waals surface area (Å²) in [4.78, 5) is 24.2. The third kappa shape index (κ3) is 4.37. The van der Waals surface area contributed by atoms with Gasteiger partial charge in [0.2, 0.25) is 0 Å². The molecule has 2 rings (SSSR count). The molecule has 1 heterocycles. The number of rotatable bonds is 3. The number of carboxylic acids is 1. The maximum atomic E-state index is 12.3. The van der Waals surface area contributed by atoms with E-state index in [1.165, 1.54) is 29.2 Å². The van der Waals surface area contributed by atoms with Gasteiger partial charge in [0.05, 0.1) is 12.3 Å². The number of carboxylic acid groups (broad SMARTS) is 1. The molecule has 5 nitrogen and oxygen atoms in total. The van der Waals surface area contributed by atoms with E-state index in [4.69, 9.17) is 5.11 Å². The van der Waals surface area contributed by atoms with E-state index in [0.29, 0.717) is 13.0 Å². The van der Waals surface area contributed by atoms with Crippen LogP contribution in [0.25, 0.3) is 0 Å². The van der Waals surface area contributed by atoms with Gasteiger partial charge in [-0.2, -0.15) is 13.2 Å². The summed E-state index contributed by atoms with van der Waals surface area (Å²) < 4.78 is 37.0. The number of aliphatic carboxylic acids is 1. The van der Waals surface area contributed by atoms with E-state index in [-0.39, 0.29) is 17.8 Å². The highest BCUT2D eigenvalue weighted by Gasteiger charge is 2.31. The van der Waals surface area contributed by atoms with Gasteiger partial charge < -0.3 is 15.3 Å². The van der Waals surface area contributed by atoms with Crippen LogP contribution in [0.4, 0.5) is 23.7 Å². The van der Waals surface area contributed by atoms with Crippen LogP contribution >= 0.6 is 0 Å². The highest BCUT2D eigenvalue weighted by Crippen LogP contribution is 2.23. The van der Waals surface area contributed by atoms with Crippen LogP contribution in [-0.2, 0) is 11.2 Å². The van der Waals surface area contributed by atoms with Gasteiger partial charge in [0.1, 0.15) is 0 Å². The third-order valence-corrected chi connectivity index (χ3v) is 3.41. The number of nitrogens with zero attached hydrogens (tertiary/aromatic N) is 1. The van der Waals surface area contributed by atoms with E-state index in [2.05, 4.69) is 5.32 Å². The van der Waals surface area contributed by atoms with Gasteiger partial charge in [0.15, 0.2) is 0 Å². The second-order valence-corrected chi connectivity index (χ2v) is 5.19. The average molecular weight is 316 g/mol. The standard InChI is InChI=1S/C14H15F3N2O3/c15-14(16,17)7-9-2-1-3-11(6-9)18-13(22)19-5-4-10(8-19)12(20)21/h1-3,6,10H,4-5,7-8H2,(H,18,22)(H,20,21). The molecule has 2 amide bonds. The fraction of sp³-hybridized carbons (Fsp3) is 0.429. The third-order valence-electron chi connectivity index (χ3n) is 3.41. The Balaban J connectivity index is 1.97. The number of urea groups is 1. The highest BCUT2D eigenvalue weighted by molar-refractivity contribution is 5.90. The van der Waals surface area contributed by atoms with Gasteiger partial charge in [-0.3, -0.25) is 4.79 Å². The van der Waals surface area contributed by atoms with Crippen LogP contribution < -0.4 is 5.32 Å². The molecule has 1 unspecified atom stereocenters. The van der Waals surface area contributed by atoms with Crippen molar-refractivity contribution in [1.29, 1.82) is 0 Å². The molecule has 0 saturated carbocycles.